The van der Waals surface area contributed by atoms with Gasteiger partial charge in [-0.25, -0.2) is 0 Å². The summed E-state index contributed by atoms with van der Waals surface area (Å²) in [4.78, 5) is 37.6. The lowest BCUT2D eigenvalue weighted by atomic mass is 10.1. The quantitative estimate of drug-likeness (QED) is 0.0562. The van der Waals surface area contributed by atoms with Crippen molar-refractivity contribution in [3.63, 3.8) is 0 Å². The summed E-state index contributed by atoms with van der Waals surface area (Å²) in [6.45, 7) is 8.71. The second kappa shape index (κ2) is 29.5. The number of amides is 2. The van der Waals surface area contributed by atoms with E-state index < -0.39 is 0 Å². The SMILES string of the molecule is CCCCCCCCCCCC(=O)OCCOCCOCCOCCOCCOCCOCCOCCN1C(=O)c2ccccc2C1=O. The van der Waals surface area contributed by atoms with Crippen molar-refractivity contribution in [2.45, 2.75) is 71.1 Å². The number of unbranched alkanes of at least 4 members (excludes halogenated alkanes) is 8. The third kappa shape index (κ3) is 20.2. The summed E-state index contributed by atoms with van der Waals surface area (Å²) < 4.78 is 43.5. The molecular weight excluding hydrogens is 622 g/mol. The molecule has 2 amide bonds. The summed E-state index contributed by atoms with van der Waals surface area (Å²) in [6.07, 6.45) is 11.5. The molecule has 1 heterocycles. The molecule has 48 heavy (non-hydrogen) atoms. The maximum absolute atomic E-state index is 12.3. The zero-order valence-corrected chi connectivity index (χ0v) is 29.1. The van der Waals surface area contributed by atoms with Gasteiger partial charge in [0.15, 0.2) is 0 Å². The summed E-state index contributed by atoms with van der Waals surface area (Å²) in [5.41, 5.74) is 0.883. The Labute approximate surface area is 287 Å². The van der Waals surface area contributed by atoms with Gasteiger partial charge in [0.2, 0.25) is 0 Å². The molecule has 0 aromatic heterocycles. The smallest absolute Gasteiger partial charge is 0.305 e. The molecule has 0 bridgehead atoms. The van der Waals surface area contributed by atoms with Gasteiger partial charge in [0.25, 0.3) is 11.8 Å². The number of benzene rings is 1. The lowest BCUT2D eigenvalue weighted by Crippen LogP contribution is -2.33. The van der Waals surface area contributed by atoms with Crippen molar-refractivity contribution in [3.05, 3.63) is 35.4 Å². The molecule has 274 valence electrons. The Morgan fingerprint density at radius 1 is 0.500 bits per heavy atom. The van der Waals surface area contributed by atoms with Gasteiger partial charge in [-0.3, -0.25) is 19.3 Å². The molecule has 1 aromatic rings. The van der Waals surface area contributed by atoms with Gasteiger partial charge in [0.05, 0.1) is 110 Å². The minimum Gasteiger partial charge on any atom is -0.463 e. The highest BCUT2D eigenvalue weighted by molar-refractivity contribution is 6.21. The standard InChI is InChI=1S/C36H59NO11/c1-2-3-4-5-6-7-8-9-10-15-34(38)48-31-30-47-29-28-46-27-26-45-25-24-44-23-22-43-21-20-42-19-18-41-17-16-37-35(39)32-13-11-12-14-33(32)36(37)40/h11-14H,2-10,15-31H2,1H3. The maximum atomic E-state index is 12.3. The predicted octanol–water partition coefficient (Wildman–Crippen LogP) is 4.86. The Morgan fingerprint density at radius 3 is 1.27 bits per heavy atom. The number of imide groups is 1. The van der Waals surface area contributed by atoms with Crippen LogP contribution in [-0.2, 0) is 42.7 Å². The number of nitrogens with zero attached hydrogens (tertiary/aromatic N) is 1. The first-order valence-electron chi connectivity index (χ1n) is 17.8. The van der Waals surface area contributed by atoms with Crippen LogP contribution in [-0.4, -0.2) is 128 Å². The van der Waals surface area contributed by atoms with E-state index >= 15 is 0 Å². The van der Waals surface area contributed by atoms with Gasteiger partial charge in [-0.15, -0.1) is 0 Å². The molecule has 0 unspecified atom stereocenters. The number of carbonyl (C=O) groups is 3. The van der Waals surface area contributed by atoms with E-state index in [2.05, 4.69) is 6.92 Å². The van der Waals surface area contributed by atoms with Crippen LogP contribution in [0.5, 0.6) is 0 Å². The van der Waals surface area contributed by atoms with Gasteiger partial charge in [-0.2, -0.15) is 0 Å². The van der Waals surface area contributed by atoms with Crippen LogP contribution in [0.2, 0.25) is 0 Å². The average molecular weight is 682 g/mol. The molecule has 0 fully saturated rings. The van der Waals surface area contributed by atoms with Gasteiger partial charge in [0, 0.05) is 6.42 Å². The van der Waals surface area contributed by atoms with Crippen LogP contribution in [0.3, 0.4) is 0 Å². The maximum Gasteiger partial charge on any atom is 0.305 e. The second-order valence-electron chi connectivity index (χ2n) is 11.4. The fourth-order valence-corrected chi connectivity index (χ4v) is 4.89. The fourth-order valence-electron chi connectivity index (χ4n) is 4.89. The number of carbonyl (C=O) groups excluding carboxylic acids is 3. The summed E-state index contributed by atoms with van der Waals surface area (Å²) in [7, 11) is 0. The van der Waals surface area contributed by atoms with Gasteiger partial charge in [-0.1, -0.05) is 70.4 Å². The third-order valence-corrected chi connectivity index (χ3v) is 7.54. The van der Waals surface area contributed by atoms with Crippen LogP contribution in [0.25, 0.3) is 0 Å². The normalized spacial score (nSPS) is 12.6. The largest absolute Gasteiger partial charge is 0.463 e. The van der Waals surface area contributed by atoms with Gasteiger partial charge >= 0.3 is 5.97 Å². The zero-order chi connectivity index (χ0) is 34.3. The molecule has 12 heteroatoms. The minimum absolute atomic E-state index is 0.144. The molecule has 0 spiro atoms. The lowest BCUT2D eigenvalue weighted by Gasteiger charge is -2.13. The Kier molecular flexibility index (Phi) is 25.6. The van der Waals surface area contributed by atoms with E-state index in [0.717, 1.165) is 12.8 Å². The predicted molar refractivity (Wildman–Crippen MR) is 180 cm³/mol. The van der Waals surface area contributed by atoms with Crippen LogP contribution < -0.4 is 0 Å². The second-order valence-corrected chi connectivity index (χ2v) is 11.4. The van der Waals surface area contributed by atoms with Crippen LogP contribution in [0.4, 0.5) is 0 Å². The molecule has 2 rings (SSSR count). The van der Waals surface area contributed by atoms with E-state index in [4.69, 9.17) is 37.9 Å². The summed E-state index contributed by atoms with van der Waals surface area (Å²) in [6, 6.07) is 6.82. The molecule has 1 aromatic carbocycles. The number of fused-ring (bicyclic) bond motifs is 1. The van der Waals surface area contributed by atoms with E-state index in [1.54, 1.807) is 24.3 Å². The van der Waals surface area contributed by atoms with Crippen molar-refractivity contribution < 1.29 is 52.3 Å². The van der Waals surface area contributed by atoms with Crippen molar-refractivity contribution in [1.82, 2.24) is 4.90 Å². The van der Waals surface area contributed by atoms with E-state index in [1.165, 1.54) is 49.8 Å². The minimum atomic E-state index is -0.278. The van der Waals surface area contributed by atoms with Gasteiger partial charge in [-0.05, 0) is 18.6 Å². The number of rotatable bonds is 34. The highest BCUT2D eigenvalue weighted by Crippen LogP contribution is 2.21. The molecule has 0 N–H and O–H groups in total. The van der Waals surface area contributed by atoms with Crippen LogP contribution in [0.1, 0.15) is 91.8 Å². The van der Waals surface area contributed by atoms with Gasteiger partial charge in [0.1, 0.15) is 6.61 Å². The highest BCUT2D eigenvalue weighted by Gasteiger charge is 2.34. The Morgan fingerprint density at radius 2 is 0.854 bits per heavy atom. The molecule has 0 saturated heterocycles. The van der Waals surface area contributed by atoms with E-state index in [1.807, 2.05) is 0 Å². The van der Waals surface area contributed by atoms with Crippen LogP contribution in [0, 0.1) is 0 Å². The van der Waals surface area contributed by atoms with Crippen LogP contribution in [0.15, 0.2) is 24.3 Å². The highest BCUT2D eigenvalue weighted by atomic mass is 16.6. The molecule has 0 radical (unpaired) electrons. The molecule has 1 aliphatic heterocycles. The molecule has 0 saturated carbocycles. The number of hydrogen-bond acceptors (Lipinski definition) is 11. The van der Waals surface area contributed by atoms with Gasteiger partial charge < -0.3 is 37.9 Å². The Bertz CT molecular complexity index is 942. The summed E-state index contributed by atoms with van der Waals surface area (Å²) >= 11 is 0. The average Bonchev–Trinajstić information content (AvgIpc) is 3.34. The summed E-state index contributed by atoms with van der Waals surface area (Å²) in [5.74, 6) is -0.700. The molecule has 1 aliphatic rings. The van der Waals surface area contributed by atoms with Crippen molar-refractivity contribution in [3.8, 4) is 0 Å². The monoisotopic (exact) mass is 681 g/mol. The van der Waals surface area contributed by atoms with Crippen molar-refractivity contribution in [1.29, 1.82) is 0 Å². The lowest BCUT2D eigenvalue weighted by molar-refractivity contribution is -0.145. The molecular formula is C36H59NO11. The van der Waals surface area contributed by atoms with Crippen molar-refractivity contribution in [2.75, 3.05) is 106 Å². The Balaban J connectivity index is 1.20. The number of ether oxygens (including phenoxy) is 8. The first kappa shape index (κ1) is 41.7. The first-order chi connectivity index (χ1) is 23.6. The molecule has 0 atom stereocenters. The van der Waals surface area contributed by atoms with Crippen molar-refractivity contribution in [2.24, 2.45) is 0 Å². The third-order valence-electron chi connectivity index (χ3n) is 7.54. The van der Waals surface area contributed by atoms with E-state index in [9.17, 15) is 14.4 Å². The zero-order valence-electron chi connectivity index (χ0n) is 29.1. The van der Waals surface area contributed by atoms with E-state index in [-0.39, 0.29) is 37.5 Å². The first-order valence-corrected chi connectivity index (χ1v) is 17.8. The topological polar surface area (TPSA) is 128 Å². The summed E-state index contributed by atoms with van der Waals surface area (Å²) in [5, 5.41) is 0. The van der Waals surface area contributed by atoms with Crippen molar-refractivity contribution >= 4 is 17.8 Å². The molecule has 12 nitrogen and oxygen atoms in total. The Hall–Kier alpha value is -2.45. The number of esters is 1. The molecule has 0 aliphatic carbocycles. The van der Waals surface area contributed by atoms with E-state index in [0.29, 0.717) is 103 Å². The van der Waals surface area contributed by atoms with Crippen LogP contribution >= 0.6 is 0 Å². The number of hydrogen-bond donors (Lipinski definition) is 0. The fraction of sp³-hybridized carbons (Fsp3) is 0.750.